The van der Waals surface area contributed by atoms with Crippen LogP contribution in [0.2, 0.25) is 0 Å². The van der Waals surface area contributed by atoms with Crippen LogP contribution in [0.1, 0.15) is 36.5 Å². The molecule has 4 heteroatoms. The fourth-order valence-corrected chi connectivity index (χ4v) is 3.22. The molecule has 0 bridgehead atoms. The first-order valence-corrected chi connectivity index (χ1v) is 10.1. The molecule has 29 heavy (non-hydrogen) atoms. The van der Waals surface area contributed by atoms with Crippen molar-refractivity contribution in [1.29, 1.82) is 0 Å². The molecular weight excluding hydrogens is 360 g/mol. The lowest BCUT2D eigenvalue weighted by Crippen LogP contribution is -2.15. The van der Waals surface area contributed by atoms with Gasteiger partial charge in [-0.15, -0.1) is 0 Å². The van der Waals surface area contributed by atoms with Gasteiger partial charge in [-0.1, -0.05) is 54.6 Å². The number of carbonyl (C=O) groups is 1. The van der Waals surface area contributed by atoms with Crippen LogP contribution in [0.3, 0.4) is 0 Å². The lowest BCUT2D eigenvalue weighted by Gasteiger charge is -2.13. The number of pyridine rings is 1. The minimum atomic E-state index is 0.236. The Balaban J connectivity index is 1.53. The number of hydrogen-bond acceptors (Lipinski definition) is 4. The van der Waals surface area contributed by atoms with E-state index in [9.17, 15) is 4.79 Å². The van der Waals surface area contributed by atoms with Gasteiger partial charge in [0.15, 0.2) is 0 Å². The third-order valence-electron chi connectivity index (χ3n) is 4.92. The predicted molar refractivity (Wildman–Crippen MR) is 117 cm³/mol. The number of ketones is 1. The molecule has 3 aromatic rings. The molecule has 1 N–H and O–H groups in total. The third kappa shape index (κ3) is 6.26. The van der Waals surface area contributed by atoms with Gasteiger partial charge >= 0.3 is 0 Å². The Morgan fingerprint density at radius 1 is 1.03 bits per heavy atom. The van der Waals surface area contributed by atoms with Gasteiger partial charge in [-0.3, -0.25) is 0 Å². The number of nitrogens with one attached hydrogen (secondary N) is 1. The molecule has 0 saturated carbocycles. The molecule has 1 heterocycles. The Kier molecular flexibility index (Phi) is 7.54. The Hall–Kier alpha value is -2.98. The molecule has 1 aromatic heterocycles. The van der Waals surface area contributed by atoms with Crippen molar-refractivity contribution >= 4 is 5.78 Å². The maximum atomic E-state index is 10.9. The van der Waals surface area contributed by atoms with Crippen LogP contribution in [0.25, 0.3) is 11.1 Å². The number of carbonyl (C=O) groups excluding carboxylic acids is 1. The van der Waals surface area contributed by atoms with Gasteiger partial charge in [0.2, 0.25) is 5.88 Å². The third-order valence-corrected chi connectivity index (χ3v) is 4.92. The molecule has 0 unspecified atom stereocenters. The van der Waals surface area contributed by atoms with Crippen LogP contribution in [0.15, 0.2) is 66.9 Å². The molecule has 0 atom stereocenters. The van der Waals surface area contributed by atoms with Gasteiger partial charge in [-0.2, -0.15) is 0 Å². The second-order valence-electron chi connectivity index (χ2n) is 7.23. The summed E-state index contributed by atoms with van der Waals surface area (Å²) in [5, 5.41) is 3.33. The topological polar surface area (TPSA) is 51.2 Å². The van der Waals surface area contributed by atoms with Crippen LogP contribution in [-0.4, -0.2) is 17.3 Å². The highest BCUT2D eigenvalue weighted by Crippen LogP contribution is 2.26. The normalized spacial score (nSPS) is 10.7. The molecule has 0 radical (unpaired) electrons. The van der Waals surface area contributed by atoms with E-state index in [0.29, 0.717) is 18.9 Å². The molecule has 0 aliphatic rings. The van der Waals surface area contributed by atoms with Gasteiger partial charge < -0.3 is 14.8 Å². The van der Waals surface area contributed by atoms with Crippen molar-refractivity contribution < 1.29 is 9.53 Å². The maximum absolute atomic E-state index is 10.9. The van der Waals surface area contributed by atoms with Crippen molar-refractivity contribution in [3.8, 4) is 17.0 Å². The van der Waals surface area contributed by atoms with E-state index in [0.717, 1.165) is 30.6 Å². The highest BCUT2D eigenvalue weighted by Gasteiger charge is 2.07. The summed E-state index contributed by atoms with van der Waals surface area (Å²) in [7, 11) is 0. The Morgan fingerprint density at radius 2 is 1.86 bits per heavy atom. The summed E-state index contributed by atoms with van der Waals surface area (Å²) >= 11 is 0. The number of hydrogen-bond donors (Lipinski definition) is 1. The Bertz CT molecular complexity index is 921. The van der Waals surface area contributed by atoms with Gasteiger partial charge in [0.05, 0.1) is 0 Å². The van der Waals surface area contributed by atoms with Crippen LogP contribution < -0.4 is 10.1 Å². The van der Waals surface area contributed by atoms with E-state index in [2.05, 4.69) is 59.7 Å². The fraction of sp³-hybridized carbons (Fsp3) is 0.280. The summed E-state index contributed by atoms with van der Waals surface area (Å²) in [6, 6.07) is 20.6. The van der Waals surface area contributed by atoms with Gasteiger partial charge in [-0.25, -0.2) is 4.98 Å². The monoisotopic (exact) mass is 388 g/mol. The summed E-state index contributed by atoms with van der Waals surface area (Å²) in [6.07, 6.45) is 3.33. The number of nitrogens with zero attached hydrogens (tertiary/aromatic N) is 1. The SMILES string of the molecule is CC(=O)CCCNCc1ccc(OCc2cccc(-c3ccccc3)c2C)nc1. The minimum absolute atomic E-state index is 0.236. The maximum Gasteiger partial charge on any atom is 0.213 e. The molecule has 0 spiro atoms. The highest BCUT2D eigenvalue weighted by atomic mass is 16.5. The molecular formula is C25H28N2O2. The zero-order valence-electron chi connectivity index (χ0n) is 17.2. The Morgan fingerprint density at radius 3 is 2.59 bits per heavy atom. The van der Waals surface area contributed by atoms with Crippen LogP contribution in [-0.2, 0) is 17.9 Å². The number of aromatic nitrogens is 1. The Labute approximate surface area is 173 Å². The molecule has 0 aliphatic heterocycles. The number of rotatable bonds is 10. The lowest BCUT2D eigenvalue weighted by molar-refractivity contribution is -0.117. The van der Waals surface area contributed by atoms with Gasteiger partial charge in [-0.05, 0) is 54.6 Å². The van der Waals surface area contributed by atoms with Crippen molar-refractivity contribution in [2.24, 2.45) is 0 Å². The molecule has 0 fully saturated rings. The fourth-order valence-electron chi connectivity index (χ4n) is 3.22. The van der Waals surface area contributed by atoms with E-state index in [1.807, 2.05) is 24.4 Å². The van der Waals surface area contributed by atoms with Crippen molar-refractivity contribution in [2.75, 3.05) is 6.54 Å². The van der Waals surface area contributed by atoms with E-state index >= 15 is 0 Å². The minimum Gasteiger partial charge on any atom is -0.473 e. The van der Waals surface area contributed by atoms with E-state index in [1.54, 1.807) is 6.92 Å². The molecule has 2 aromatic carbocycles. The number of ether oxygens (including phenoxy) is 1. The standard InChI is InChI=1S/C25H28N2O2/c1-19(28)8-7-15-26-16-21-13-14-25(27-17-21)29-18-23-11-6-12-24(20(23)2)22-9-4-3-5-10-22/h3-6,9-14,17,26H,7-8,15-16,18H2,1-2H3. The summed E-state index contributed by atoms with van der Waals surface area (Å²) in [6.45, 7) is 5.82. The summed E-state index contributed by atoms with van der Waals surface area (Å²) in [4.78, 5) is 15.4. The quantitative estimate of drug-likeness (QED) is 0.491. The van der Waals surface area contributed by atoms with E-state index in [1.165, 1.54) is 16.7 Å². The first-order chi connectivity index (χ1) is 14.1. The molecule has 0 aliphatic carbocycles. The smallest absolute Gasteiger partial charge is 0.213 e. The zero-order chi connectivity index (χ0) is 20.5. The molecule has 3 rings (SSSR count). The van der Waals surface area contributed by atoms with Crippen molar-refractivity contribution in [3.05, 3.63) is 83.6 Å². The largest absolute Gasteiger partial charge is 0.473 e. The van der Waals surface area contributed by atoms with Gasteiger partial charge in [0, 0.05) is 25.2 Å². The van der Waals surface area contributed by atoms with Crippen LogP contribution in [0.5, 0.6) is 5.88 Å². The zero-order valence-corrected chi connectivity index (χ0v) is 17.2. The van der Waals surface area contributed by atoms with Crippen LogP contribution in [0.4, 0.5) is 0 Å². The summed E-state index contributed by atoms with van der Waals surface area (Å²) in [5.41, 5.74) is 5.92. The molecule has 4 nitrogen and oxygen atoms in total. The molecule has 0 saturated heterocycles. The second kappa shape index (κ2) is 10.5. The van der Waals surface area contributed by atoms with Crippen LogP contribution >= 0.6 is 0 Å². The van der Waals surface area contributed by atoms with Crippen molar-refractivity contribution in [3.63, 3.8) is 0 Å². The average molecular weight is 389 g/mol. The number of Topliss-reactive ketones (excluding diaryl/α,β-unsaturated/α-hetero) is 1. The van der Waals surface area contributed by atoms with Crippen LogP contribution in [0, 0.1) is 6.92 Å². The van der Waals surface area contributed by atoms with E-state index in [-0.39, 0.29) is 5.78 Å². The van der Waals surface area contributed by atoms with Crippen molar-refractivity contribution in [2.45, 2.75) is 39.8 Å². The van der Waals surface area contributed by atoms with Crippen molar-refractivity contribution in [1.82, 2.24) is 10.3 Å². The first-order valence-electron chi connectivity index (χ1n) is 10.1. The lowest BCUT2D eigenvalue weighted by atomic mass is 9.97. The van der Waals surface area contributed by atoms with Gasteiger partial charge in [0.25, 0.3) is 0 Å². The van der Waals surface area contributed by atoms with E-state index in [4.69, 9.17) is 4.74 Å². The second-order valence-corrected chi connectivity index (χ2v) is 7.23. The van der Waals surface area contributed by atoms with E-state index < -0.39 is 0 Å². The average Bonchev–Trinajstić information content (AvgIpc) is 2.74. The molecule has 0 amide bonds. The summed E-state index contributed by atoms with van der Waals surface area (Å²) < 4.78 is 5.92. The summed E-state index contributed by atoms with van der Waals surface area (Å²) in [5.74, 6) is 0.856. The number of benzene rings is 2. The first kappa shape index (κ1) is 20.7. The molecule has 150 valence electrons. The predicted octanol–water partition coefficient (Wildman–Crippen LogP) is 5.09. The van der Waals surface area contributed by atoms with Gasteiger partial charge in [0.1, 0.15) is 12.4 Å². The highest BCUT2D eigenvalue weighted by molar-refractivity contribution is 5.75.